The lowest BCUT2D eigenvalue weighted by molar-refractivity contribution is -0.165. The lowest BCUT2D eigenvalue weighted by Crippen LogP contribution is -2.46. The molecule has 0 radical (unpaired) electrons. The standard InChI is InChI=1S/C15H26O5/c1-4-19-14(18)15(8-6-5-7-13(15)17)9-12(16)10-20-11(2)3/h11-12,16H,4-10H2,1-3H3. The number of aliphatic hydroxyl groups is 1. The van der Waals surface area contributed by atoms with Crippen LogP contribution < -0.4 is 0 Å². The molecule has 0 aromatic rings. The fourth-order valence-electron chi connectivity index (χ4n) is 2.64. The molecule has 0 spiro atoms. The van der Waals surface area contributed by atoms with E-state index in [9.17, 15) is 14.7 Å². The SMILES string of the molecule is CCOC(=O)C1(CC(O)COC(C)C)CCCCC1=O. The number of ether oxygens (including phenoxy) is 2. The van der Waals surface area contributed by atoms with E-state index in [0.717, 1.165) is 12.8 Å². The topological polar surface area (TPSA) is 72.8 Å². The molecule has 1 N–H and O–H groups in total. The van der Waals surface area contributed by atoms with E-state index in [1.54, 1.807) is 6.92 Å². The maximum Gasteiger partial charge on any atom is 0.319 e. The largest absolute Gasteiger partial charge is 0.465 e. The molecule has 20 heavy (non-hydrogen) atoms. The van der Waals surface area contributed by atoms with Crippen molar-refractivity contribution in [2.45, 2.75) is 65.1 Å². The molecule has 5 nitrogen and oxygen atoms in total. The van der Waals surface area contributed by atoms with Crippen LogP contribution in [0.3, 0.4) is 0 Å². The van der Waals surface area contributed by atoms with E-state index in [0.29, 0.717) is 12.8 Å². The summed E-state index contributed by atoms with van der Waals surface area (Å²) < 4.78 is 10.4. The summed E-state index contributed by atoms with van der Waals surface area (Å²) in [5, 5.41) is 10.1. The molecule has 1 rings (SSSR count). The molecule has 0 saturated heterocycles. The highest BCUT2D eigenvalue weighted by atomic mass is 16.5. The lowest BCUT2D eigenvalue weighted by Gasteiger charge is -2.34. The number of aliphatic hydroxyl groups excluding tert-OH is 1. The molecule has 0 aromatic heterocycles. The molecule has 0 aromatic carbocycles. The Morgan fingerprint density at radius 3 is 2.65 bits per heavy atom. The number of ketones is 1. The third-order valence-corrected chi connectivity index (χ3v) is 3.66. The number of hydrogen-bond donors (Lipinski definition) is 1. The van der Waals surface area contributed by atoms with Gasteiger partial charge in [-0.3, -0.25) is 9.59 Å². The van der Waals surface area contributed by atoms with Crippen LogP contribution in [-0.4, -0.2) is 42.3 Å². The Bertz CT molecular complexity index is 339. The summed E-state index contributed by atoms with van der Waals surface area (Å²) in [6, 6.07) is 0. The summed E-state index contributed by atoms with van der Waals surface area (Å²) in [4.78, 5) is 24.5. The maximum absolute atomic E-state index is 12.3. The minimum absolute atomic E-state index is 0.00486. The molecule has 0 bridgehead atoms. The normalized spacial score (nSPS) is 24.8. The van der Waals surface area contributed by atoms with Crippen LogP contribution in [0, 0.1) is 5.41 Å². The van der Waals surface area contributed by atoms with Crippen LogP contribution in [0.25, 0.3) is 0 Å². The Morgan fingerprint density at radius 1 is 1.40 bits per heavy atom. The number of Topliss-reactive ketones (excluding diaryl/α,β-unsaturated/α-hetero) is 1. The molecule has 2 atom stereocenters. The van der Waals surface area contributed by atoms with Crippen molar-refractivity contribution in [2.75, 3.05) is 13.2 Å². The van der Waals surface area contributed by atoms with E-state index >= 15 is 0 Å². The summed E-state index contributed by atoms with van der Waals surface area (Å²) in [5.74, 6) is -0.598. The van der Waals surface area contributed by atoms with Gasteiger partial charge in [-0.25, -0.2) is 0 Å². The van der Waals surface area contributed by atoms with Gasteiger partial charge in [-0.15, -0.1) is 0 Å². The number of carbonyl (C=O) groups excluding carboxylic acids is 2. The number of carbonyl (C=O) groups is 2. The van der Waals surface area contributed by atoms with Gasteiger partial charge in [-0.2, -0.15) is 0 Å². The van der Waals surface area contributed by atoms with Gasteiger partial charge in [0.2, 0.25) is 0 Å². The van der Waals surface area contributed by atoms with E-state index in [-0.39, 0.29) is 31.5 Å². The van der Waals surface area contributed by atoms with Crippen molar-refractivity contribution in [2.24, 2.45) is 5.41 Å². The first-order valence-electron chi connectivity index (χ1n) is 7.42. The second kappa shape index (κ2) is 7.74. The molecule has 1 saturated carbocycles. The van der Waals surface area contributed by atoms with Crippen molar-refractivity contribution in [1.82, 2.24) is 0 Å². The van der Waals surface area contributed by atoms with Crippen molar-refractivity contribution in [3.05, 3.63) is 0 Å². The molecule has 5 heteroatoms. The molecular formula is C15H26O5. The molecule has 116 valence electrons. The van der Waals surface area contributed by atoms with Crippen LogP contribution in [0.15, 0.2) is 0 Å². The van der Waals surface area contributed by atoms with E-state index in [4.69, 9.17) is 9.47 Å². The first-order valence-corrected chi connectivity index (χ1v) is 7.42. The van der Waals surface area contributed by atoms with Crippen molar-refractivity contribution < 1.29 is 24.2 Å². The lowest BCUT2D eigenvalue weighted by atomic mass is 9.69. The van der Waals surface area contributed by atoms with Crippen LogP contribution in [0.2, 0.25) is 0 Å². The molecular weight excluding hydrogens is 260 g/mol. The first kappa shape index (κ1) is 17.1. The minimum atomic E-state index is -1.17. The molecule has 1 fully saturated rings. The average molecular weight is 286 g/mol. The van der Waals surface area contributed by atoms with Gasteiger partial charge in [-0.05, 0) is 40.0 Å². The molecule has 0 amide bonds. The van der Waals surface area contributed by atoms with Crippen molar-refractivity contribution in [1.29, 1.82) is 0 Å². The number of esters is 1. The van der Waals surface area contributed by atoms with Gasteiger partial charge in [0.05, 0.1) is 25.4 Å². The highest BCUT2D eigenvalue weighted by Gasteiger charge is 2.48. The van der Waals surface area contributed by atoms with Crippen LogP contribution in [0.4, 0.5) is 0 Å². The second-order valence-corrected chi connectivity index (χ2v) is 5.67. The van der Waals surface area contributed by atoms with Crippen LogP contribution in [0.5, 0.6) is 0 Å². The maximum atomic E-state index is 12.3. The van der Waals surface area contributed by atoms with Crippen LogP contribution >= 0.6 is 0 Å². The van der Waals surface area contributed by atoms with Gasteiger partial charge in [0, 0.05) is 6.42 Å². The molecule has 0 aliphatic heterocycles. The van der Waals surface area contributed by atoms with Crippen LogP contribution in [0.1, 0.15) is 52.9 Å². The van der Waals surface area contributed by atoms with E-state index in [2.05, 4.69) is 0 Å². The zero-order valence-electron chi connectivity index (χ0n) is 12.7. The Labute approximate surface area is 120 Å². The molecule has 1 aliphatic rings. The van der Waals surface area contributed by atoms with Gasteiger partial charge in [0.25, 0.3) is 0 Å². The molecule has 1 aliphatic carbocycles. The van der Waals surface area contributed by atoms with Crippen LogP contribution in [-0.2, 0) is 19.1 Å². The van der Waals surface area contributed by atoms with Gasteiger partial charge in [0.15, 0.2) is 0 Å². The van der Waals surface area contributed by atoms with E-state index in [1.165, 1.54) is 0 Å². The Hall–Kier alpha value is -0.940. The van der Waals surface area contributed by atoms with E-state index in [1.807, 2.05) is 13.8 Å². The minimum Gasteiger partial charge on any atom is -0.465 e. The zero-order valence-corrected chi connectivity index (χ0v) is 12.7. The third-order valence-electron chi connectivity index (χ3n) is 3.66. The fourth-order valence-corrected chi connectivity index (χ4v) is 2.64. The third kappa shape index (κ3) is 4.28. The van der Waals surface area contributed by atoms with E-state index < -0.39 is 17.5 Å². The smallest absolute Gasteiger partial charge is 0.319 e. The molecule has 0 heterocycles. The second-order valence-electron chi connectivity index (χ2n) is 5.67. The summed E-state index contributed by atoms with van der Waals surface area (Å²) in [6.45, 7) is 5.84. The highest BCUT2D eigenvalue weighted by Crippen LogP contribution is 2.39. The van der Waals surface area contributed by atoms with Gasteiger partial charge in [-0.1, -0.05) is 6.42 Å². The summed E-state index contributed by atoms with van der Waals surface area (Å²) in [7, 11) is 0. The summed E-state index contributed by atoms with van der Waals surface area (Å²) >= 11 is 0. The summed E-state index contributed by atoms with van der Waals surface area (Å²) in [5.41, 5.74) is -1.17. The van der Waals surface area contributed by atoms with Crippen molar-refractivity contribution in [3.63, 3.8) is 0 Å². The molecule has 2 unspecified atom stereocenters. The van der Waals surface area contributed by atoms with Gasteiger partial charge in [0.1, 0.15) is 11.2 Å². The Morgan fingerprint density at radius 2 is 2.10 bits per heavy atom. The predicted molar refractivity (Wildman–Crippen MR) is 74.3 cm³/mol. The average Bonchev–Trinajstić information content (AvgIpc) is 2.39. The summed E-state index contributed by atoms with van der Waals surface area (Å²) in [6.07, 6.45) is 1.73. The monoisotopic (exact) mass is 286 g/mol. The van der Waals surface area contributed by atoms with Crippen molar-refractivity contribution in [3.8, 4) is 0 Å². The number of rotatable bonds is 7. The fraction of sp³-hybridized carbons (Fsp3) is 0.867. The zero-order chi connectivity index (χ0) is 15.2. The first-order chi connectivity index (χ1) is 9.42. The number of hydrogen-bond acceptors (Lipinski definition) is 5. The highest BCUT2D eigenvalue weighted by molar-refractivity contribution is 6.04. The predicted octanol–water partition coefficient (Wildman–Crippen LogP) is 1.85. The Balaban J connectivity index is 2.77. The van der Waals surface area contributed by atoms with Crippen molar-refractivity contribution >= 4 is 11.8 Å². The Kier molecular flexibility index (Phi) is 6.62. The quantitative estimate of drug-likeness (QED) is 0.571. The van der Waals surface area contributed by atoms with Gasteiger partial charge < -0.3 is 14.6 Å². The van der Waals surface area contributed by atoms with Gasteiger partial charge >= 0.3 is 5.97 Å².